The first kappa shape index (κ1) is 22.6. The van der Waals surface area contributed by atoms with Crippen LogP contribution in [0.15, 0.2) is 90.5 Å². The van der Waals surface area contributed by atoms with E-state index in [1.54, 1.807) is 38.5 Å². The van der Waals surface area contributed by atoms with Crippen LogP contribution in [0.3, 0.4) is 0 Å². The number of hydrogen-bond acceptors (Lipinski definition) is 4. The van der Waals surface area contributed by atoms with Crippen LogP contribution in [0, 0.1) is 23.7 Å². The molecule has 1 heterocycles. The number of fused-ring (bicyclic) bond motifs is 5. The summed E-state index contributed by atoms with van der Waals surface area (Å²) in [5, 5.41) is 0.396. The van der Waals surface area contributed by atoms with Crippen LogP contribution in [0.1, 0.15) is 11.1 Å². The molecule has 5 nitrogen and oxygen atoms in total. The fourth-order valence-corrected chi connectivity index (χ4v) is 6.20. The lowest BCUT2D eigenvalue weighted by molar-refractivity contribution is -0.122. The molecule has 3 aromatic carbocycles. The maximum Gasteiger partial charge on any atom is 0.238 e. The normalized spacial score (nSPS) is 23.9. The zero-order chi connectivity index (χ0) is 25.0. The smallest absolute Gasteiger partial charge is 0.238 e. The van der Waals surface area contributed by atoms with E-state index >= 15 is 0 Å². The highest BCUT2D eigenvalue weighted by Crippen LogP contribution is 2.59. The Morgan fingerprint density at radius 3 is 1.64 bits per heavy atom. The largest absolute Gasteiger partial charge is 0.497 e. The van der Waals surface area contributed by atoms with Gasteiger partial charge in [-0.1, -0.05) is 60.2 Å². The Balaban J connectivity index is 1.48. The molecule has 6 rings (SSSR count). The molecule has 4 atom stereocenters. The van der Waals surface area contributed by atoms with Gasteiger partial charge >= 0.3 is 0 Å². The molecule has 2 aliphatic carbocycles. The summed E-state index contributed by atoms with van der Waals surface area (Å²) in [6.07, 6.45) is 4.19. The molecule has 2 fully saturated rings. The lowest BCUT2D eigenvalue weighted by atomic mass is 9.85. The van der Waals surface area contributed by atoms with E-state index in [9.17, 15) is 9.59 Å². The van der Waals surface area contributed by atoms with Gasteiger partial charge in [-0.15, -0.1) is 0 Å². The number of rotatable bonds is 5. The second kappa shape index (κ2) is 8.68. The maximum absolute atomic E-state index is 13.7. The molecule has 1 saturated carbocycles. The van der Waals surface area contributed by atoms with Crippen LogP contribution in [0.2, 0.25) is 5.02 Å². The predicted molar refractivity (Wildman–Crippen MR) is 139 cm³/mol. The monoisotopic (exact) mass is 497 g/mol. The highest BCUT2D eigenvalue weighted by Gasteiger charge is 2.62. The van der Waals surface area contributed by atoms with Gasteiger partial charge < -0.3 is 9.47 Å². The van der Waals surface area contributed by atoms with Crippen LogP contribution in [-0.2, 0) is 9.59 Å². The Kier molecular flexibility index (Phi) is 5.45. The number of benzene rings is 3. The summed E-state index contributed by atoms with van der Waals surface area (Å²) in [5.74, 6) is -0.0414. The van der Waals surface area contributed by atoms with Gasteiger partial charge in [0.1, 0.15) is 11.5 Å². The molecule has 6 heteroatoms. The van der Waals surface area contributed by atoms with Gasteiger partial charge in [0.25, 0.3) is 0 Å². The van der Waals surface area contributed by atoms with Crippen molar-refractivity contribution in [2.45, 2.75) is 0 Å². The van der Waals surface area contributed by atoms with Crippen LogP contribution in [0.5, 0.6) is 11.5 Å². The van der Waals surface area contributed by atoms with E-state index in [4.69, 9.17) is 21.1 Å². The highest BCUT2D eigenvalue weighted by molar-refractivity contribution is 6.36. The molecule has 0 radical (unpaired) electrons. The Labute approximate surface area is 214 Å². The first-order valence-electron chi connectivity index (χ1n) is 11.9. The fourth-order valence-electron chi connectivity index (χ4n) is 5.98. The van der Waals surface area contributed by atoms with E-state index in [0.717, 1.165) is 33.8 Å². The zero-order valence-electron chi connectivity index (χ0n) is 19.9. The molecule has 2 amide bonds. The number of para-hydroxylation sites is 1. The van der Waals surface area contributed by atoms with Crippen molar-refractivity contribution in [1.82, 2.24) is 0 Å². The van der Waals surface area contributed by atoms with Crippen molar-refractivity contribution in [2.75, 3.05) is 19.1 Å². The zero-order valence-corrected chi connectivity index (χ0v) is 20.6. The number of methoxy groups -OCH3 is 2. The topological polar surface area (TPSA) is 55.8 Å². The van der Waals surface area contributed by atoms with Crippen molar-refractivity contribution < 1.29 is 19.1 Å². The Morgan fingerprint density at radius 2 is 1.19 bits per heavy atom. The maximum atomic E-state index is 13.7. The van der Waals surface area contributed by atoms with Crippen LogP contribution >= 0.6 is 11.6 Å². The summed E-state index contributed by atoms with van der Waals surface area (Å²) in [5.41, 5.74) is 4.63. The molecule has 0 aromatic heterocycles. The summed E-state index contributed by atoms with van der Waals surface area (Å²) in [7, 11) is 3.28. The summed E-state index contributed by atoms with van der Waals surface area (Å²) in [6, 6.07) is 22.8. The molecule has 36 heavy (non-hydrogen) atoms. The van der Waals surface area contributed by atoms with Gasteiger partial charge in [-0.05, 0) is 58.7 Å². The molecular weight excluding hydrogens is 474 g/mol. The van der Waals surface area contributed by atoms with Crippen LogP contribution in [-0.4, -0.2) is 26.0 Å². The summed E-state index contributed by atoms with van der Waals surface area (Å²) < 4.78 is 10.7. The van der Waals surface area contributed by atoms with Gasteiger partial charge in [0.2, 0.25) is 11.8 Å². The molecule has 3 aliphatic rings. The number of anilines is 1. The van der Waals surface area contributed by atoms with Crippen molar-refractivity contribution in [1.29, 1.82) is 0 Å². The van der Waals surface area contributed by atoms with E-state index in [1.165, 1.54) is 4.90 Å². The van der Waals surface area contributed by atoms with E-state index in [-0.39, 0.29) is 23.7 Å². The molecular formula is C30H24ClNO4. The minimum absolute atomic E-state index is 0.164. The van der Waals surface area contributed by atoms with Crippen molar-refractivity contribution >= 4 is 34.7 Å². The number of halogens is 1. The van der Waals surface area contributed by atoms with Gasteiger partial charge in [-0.25, -0.2) is 4.90 Å². The Morgan fingerprint density at radius 1 is 0.722 bits per heavy atom. The third-order valence-electron chi connectivity index (χ3n) is 7.56. The van der Waals surface area contributed by atoms with Crippen LogP contribution in [0.4, 0.5) is 5.69 Å². The van der Waals surface area contributed by atoms with Crippen LogP contribution < -0.4 is 14.4 Å². The Bertz CT molecular complexity index is 1340. The minimum Gasteiger partial charge on any atom is -0.497 e. The van der Waals surface area contributed by atoms with Crippen molar-refractivity contribution in [3.8, 4) is 11.5 Å². The fraction of sp³-hybridized carbons (Fsp3) is 0.200. The number of carbonyl (C=O) groups excluding carboxylic acids is 2. The van der Waals surface area contributed by atoms with Crippen molar-refractivity contribution in [3.63, 3.8) is 0 Å². The molecule has 1 aliphatic heterocycles. The third-order valence-corrected chi connectivity index (χ3v) is 7.87. The average Bonchev–Trinajstić information content (AvgIpc) is 3.54. The van der Waals surface area contributed by atoms with E-state index in [1.807, 2.05) is 48.5 Å². The number of allylic oxidation sites excluding steroid dienone is 3. The third kappa shape index (κ3) is 3.30. The molecule has 2 bridgehead atoms. The lowest BCUT2D eigenvalue weighted by Crippen LogP contribution is -2.33. The number of ether oxygens (including phenoxy) is 2. The second-order valence-electron chi connectivity index (χ2n) is 9.24. The number of imide groups is 1. The van der Waals surface area contributed by atoms with Crippen LogP contribution in [0.25, 0.3) is 5.57 Å². The molecule has 0 unspecified atom stereocenters. The predicted octanol–water partition coefficient (Wildman–Crippen LogP) is 5.78. The van der Waals surface area contributed by atoms with Gasteiger partial charge in [-0.2, -0.15) is 0 Å². The standard InChI is InChI=1S/C30H24ClNO4/c1-35-19-11-7-17(8-12-19)25(18-9-13-20(36-2)14-10-18)26-21-15-16-22(26)28-27(21)29(33)32(30(28)34)24-6-4-3-5-23(24)31/h3-16,21-22,27-28H,1-2H3/t21-,22-,27+,28+/m0/s1. The van der Waals surface area contributed by atoms with Gasteiger partial charge in [-0.3, -0.25) is 9.59 Å². The molecule has 1 saturated heterocycles. The first-order chi connectivity index (χ1) is 17.5. The summed E-state index contributed by atoms with van der Waals surface area (Å²) in [6.45, 7) is 0. The van der Waals surface area contributed by atoms with Gasteiger partial charge in [0.05, 0.1) is 36.8 Å². The van der Waals surface area contributed by atoms with Gasteiger partial charge in [0, 0.05) is 11.8 Å². The molecule has 180 valence electrons. The van der Waals surface area contributed by atoms with E-state index in [0.29, 0.717) is 10.7 Å². The van der Waals surface area contributed by atoms with Gasteiger partial charge in [0.15, 0.2) is 0 Å². The molecule has 0 N–H and O–H groups in total. The van der Waals surface area contributed by atoms with Crippen molar-refractivity contribution in [2.24, 2.45) is 23.7 Å². The number of carbonyl (C=O) groups is 2. The number of amides is 2. The molecule has 0 spiro atoms. The number of hydrogen-bond donors (Lipinski definition) is 0. The molecule has 3 aromatic rings. The Hall–Kier alpha value is -3.83. The first-order valence-corrected chi connectivity index (χ1v) is 12.2. The van der Waals surface area contributed by atoms with E-state index < -0.39 is 11.8 Å². The quantitative estimate of drug-likeness (QED) is 0.331. The lowest BCUT2D eigenvalue weighted by Gasteiger charge is -2.22. The van der Waals surface area contributed by atoms with Crippen molar-refractivity contribution in [3.05, 3.63) is 107 Å². The summed E-state index contributed by atoms with van der Waals surface area (Å²) in [4.78, 5) is 28.7. The minimum atomic E-state index is -0.440. The average molecular weight is 498 g/mol. The van der Waals surface area contributed by atoms with E-state index in [2.05, 4.69) is 12.2 Å². The SMILES string of the molecule is COc1ccc(C(=C2[C@@H]3C=C[C@@H]2[C@H]2C(=O)N(c4ccccc4Cl)C(=O)[C@@H]23)c2ccc(OC)cc2)cc1. The summed E-state index contributed by atoms with van der Waals surface area (Å²) >= 11 is 6.38. The second-order valence-corrected chi connectivity index (χ2v) is 9.65. The number of nitrogens with zero attached hydrogens (tertiary/aromatic N) is 1. The highest BCUT2D eigenvalue weighted by atomic mass is 35.5.